The van der Waals surface area contributed by atoms with Gasteiger partial charge in [-0.3, -0.25) is 4.79 Å². The van der Waals surface area contributed by atoms with Crippen LogP contribution in [-0.4, -0.2) is 10.5 Å². The lowest BCUT2D eigenvalue weighted by Crippen LogP contribution is -2.13. The van der Waals surface area contributed by atoms with Gasteiger partial charge in [-0.1, -0.05) is 40.6 Å². The van der Waals surface area contributed by atoms with Gasteiger partial charge in [-0.2, -0.15) is 4.99 Å². The Labute approximate surface area is 145 Å². The highest BCUT2D eigenvalue weighted by molar-refractivity contribution is 7.20. The topological polar surface area (TPSA) is 34.4 Å². The molecular weight excluding hydrogens is 359 g/mol. The van der Waals surface area contributed by atoms with Crippen LogP contribution in [0.4, 0.5) is 0 Å². The van der Waals surface area contributed by atoms with E-state index in [1.54, 1.807) is 6.07 Å². The van der Waals surface area contributed by atoms with Crippen molar-refractivity contribution < 1.29 is 4.79 Å². The van der Waals surface area contributed by atoms with Gasteiger partial charge in [0.1, 0.15) is 4.34 Å². The lowest BCUT2D eigenvalue weighted by molar-refractivity contribution is 0.0998. The van der Waals surface area contributed by atoms with Gasteiger partial charge >= 0.3 is 0 Å². The maximum absolute atomic E-state index is 12.3. The number of hydrogen-bond acceptors (Lipinski definition) is 3. The number of halogens is 2. The Morgan fingerprint density at radius 3 is 2.59 bits per heavy atom. The zero-order valence-electron chi connectivity index (χ0n) is 12.1. The van der Waals surface area contributed by atoms with Crippen molar-refractivity contribution in [3.8, 4) is 0 Å². The summed E-state index contributed by atoms with van der Waals surface area (Å²) in [7, 11) is 1.92. The van der Waals surface area contributed by atoms with E-state index < -0.39 is 0 Å². The summed E-state index contributed by atoms with van der Waals surface area (Å²) in [6.07, 6.45) is 0. The van der Waals surface area contributed by atoms with Crippen molar-refractivity contribution in [3.05, 3.63) is 48.4 Å². The van der Waals surface area contributed by atoms with Gasteiger partial charge in [-0.15, -0.1) is 11.3 Å². The minimum absolute atomic E-state index is 0.349. The molecule has 0 bridgehead atoms. The summed E-state index contributed by atoms with van der Waals surface area (Å²) < 4.78 is 3.90. The standard InChI is InChI=1S/C15H12Cl2N2OS2/c1-7-4-5-10-12(8(7)2)19(3)15(21-10)18-14(20)9-6-11(16)22-13(9)17/h4-6H,1-3H3. The first-order chi connectivity index (χ1) is 10.4. The number of thiazole rings is 1. The number of aromatic nitrogens is 1. The fourth-order valence-electron chi connectivity index (χ4n) is 2.27. The lowest BCUT2D eigenvalue weighted by atomic mass is 10.1. The van der Waals surface area contributed by atoms with E-state index in [0.29, 0.717) is 19.0 Å². The highest BCUT2D eigenvalue weighted by atomic mass is 35.5. The Hall–Kier alpha value is -1.14. The number of fused-ring (bicyclic) bond motifs is 1. The molecule has 3 nitrogen and oxygen atoms in total. The molecule has 7 heteroatoms. The van der Waals surface area contributed by atoms with Gasteiger partial charge in [0.15, 0.2) is 4.80 Å². The molecule has 0 aliphatic rings. The third-order valence-electron chi connectivity index (χ3n) is 3.57. The summed E-state index contributed by atoms with van der Waals surface area (Å²) in [6.45, 7) is 4.15. The number of nitrogens with zero attached hydrogens (tertiary/aromatic N) is 2. The van der Waals surface area contributed by atoms with Crippen LogP contribution in [0.25, 0.3) is 10.2 Å². The quantitative estimate of drug-likeness (QED) is 0.595. The molecule has 114 valence electrons. The molecule has 1 amide bonds. The van der Waals surface area contributed by atoms with Crippen LogP contribution in [0.1, 0.15) is 21.5 Å². The molecule has 0 aliphatic carbocycles. The van der Waals surface area contributed by atoms with Crippen LogP contribution in [-0.2, 0) is 7.05 Å². The number of amides is 1. The molecular formula is C15H12Cl2N2OS2. The number of benzene rings is 1. The summed E-state index contributed by atoms with van der Waals surface area (Å²) >= 11 is 14.6. The Kier molecular flexibility index (Phi) is 4.16. The second-order valence-electron chi connectivity index (χ2n) is 4.95. The van der Waals surface area contributed by atoms with Crippen LogP contribution in [0.15, 0.2) is 23.2 Å². The van der Waals surface area contributed by atoms with Crippen molar-refractivity contribution in [2.75, 3.05) is 0 Å². The van der Waals surface area contributed by atoms with Crippen molar-refractivity contribution in [3.63, 3.8) is 0 Å². The van der Waals surface area contributed by atoms with Gasteiger partial charge in [0.25, 0.3) is 5.91 Å². The van der Waals surface area contributed by atoms with Crippen molar-refractivity contribution in [1.29, 1.82) is 0 Å². The van der Waals surface area contributed by atoms with Gasteiger partial charge in [0, 0.05) is 7.05 Å². The van der Waals surface area contributed by atoms with E-state index in [4.69, 9.17) is 23.2 Å². The fourth-order valence-corrected chi connectivity index (χ4v) is 4.79. The van der Waals surface area contributed by atoms with Crippen molar-refractivity contribution >= 4 is 62.0 Å². The largest absolute Gasteiger partial charge is 0.319 e. The zero-order chi connectivity index (χ0) is 16.0. The van der Waals surface area contributed by atoms with Crippen LogP contribution in [0.2, 0.25) is 8.67 Å². The monoisotopic (exact) mass is 370 g/mol. The van der Waals surface area contributed by atoms with Gasteiger partial charge in [0.05, 0.1) is 20.1 Å². The molecule has 0 atom stereocenters. The minimum atomic E-state index is -0.371. The summed E-state index contributed by atoms with van der Waals surface area (Å²) in [5.74, 6) is -0.371. The number of carbonyl (C=O) groups is 1. The van der Waals surface area contributed by atoms with E-state index >= 15 is 0 Å². The second-order valence-corrected chi connectivity index (χ2v) is 8.25. The molecule has 0 spiro atoms. The van der Waals surface area contributed by atoms with E-state index in [1.807, 2.05) is 11.6 Å². The molecule has 0 fully saturated rings. The minimum Gasteiger partial charge on any atom is -0.319 e. The van der Waals surface area contributed by atoms with Gasteiger partial charge < -0.3 is 4.57 Å². The zero-order valence-corrected chi connectivity index (χ0v) is 15.3. The Bertz CT molecular complexity index is 966. The predicted octanol–water partition coefficient (Wildman–Crippen LogP) is 4.97. The second kappa shape index (κ2) is 5.81. The molecule has 0 saturated carbocycles. The number of thiophene rings is 1. The average Bonchev–Trinajstić information content (AvgIpc) is 2.95. The normalized spacial score (nSPS) is 12.3. The van der Waals surface area contributed by atoms with Crippen molar-refractivity contribution in [1.82, 2.24) is 4.57 Å². The van der Waals surface area contributed by atoms with Crippen LogP contribution in [0.5, 0.6) is 0 Å². The SMILES string of the molecule is Cc1ccc2sc(=NC(=O)c3cc(Cl)sc3Cl)n(C)c2c1C. The maximum atomic E-state index is 12.3. The van der Waals surface area contributed by atoms with Crippen LogP contribution >= 0.6 is 45.9 Å². The Morgan fingerprint density at radius 1 is 1.23 bits per heavy atom. The first kappa shape index (κ1) is 15.7. The molecule has 0 N–H and O–H groups in total. The predicted molar refractivity (Wildman–Crippen MR) is 94.5 cm³/mol. The summed E-state index contributed by atoms with van der Waals surface area (Å²) in [6, 6.07) is 5.69. The molecule has 3 aromatic rings. The average molecular weight is 371 g/mol. The number of hydrogen-bond donors (Lipinski definition) is 0. The van der Waals surface area contributed by atoms with Crippen LogP contribution in [0, 0.1) is 13.8 Å². The maximum Gasteiger partial charge on any atom is 0.282 e. The fraction of sp³-hybridized carbons (Fsp3) is 0.200. The number of aryl methyl sites for hydroxylation is 3. The smallest absolute Gasteiger partial charge is 0.282 e. The first-order valence-corrected chi connectivity index (χ1v) is 8.87. The van der Waals surface area contributed by atoms with E-state index in [9.17, 15) is 4.79 Å². The van der Waals surface area contributed by atoms with Crippen LogP contribution in [0.3, 0.4) is 0 Å². The summed E-state index contributed by atoms with van der Waals surface area (Å²) in [5.41, 5.74) is 3.86. The molecule has 1 aromatic carbocycles. The Morgan fingerprint density at radius 2 is 1.95 bits per heavy atom. The van der Waals surface area contributed by atoms with Gasteiger partial charge in [-0.05, 0) is 37.1 Å². The summed E-state index contributed by atoms with van der Waals surface area (Å²) in [4.78, 5) is 17.2. The molecule has 0 radical (unpaired) electrons. The molecule has 2 aromatic heterocycles. The van der Waals surface area contributed by atoms with Crippen molar-refractivity contribution in [2.45, 2.75) is 13.8 Å². The van der Waals surface area contributed by atoms with E-state index in [-0.39, 0.29) is 5.91 Å². The van der Waals surface area contributed by atoms with E-state index in [1.165, 1.54) is 33.8 Å². The molecule has 2 heterocycles. The molecule has 0 aliphatic heterocycles. The van der Waals surface area contributed by atoms with E-state index in [0.717, 1.165) is 10.2 Å². The third kappa shape index (κ3) is 2.63. The molecule has 0 saturated heterocycles. The number of carbonyl (C=O) groups excluding carboxylic acids is 1. The third-order valence-corrected chi connectivity index (χ3v) is 6.16. The Balaban J connectivity index is 2.18. The number of rotatable bonds is 1. The molecule has 3 rings (SSSR count). The van der Waals surface area contributed by atoms with Gasteiger partial charge in [-0.25, -0.2) is 0 Å². The highest BCUT2D eigenvalue weighted by Crippen LogP contribution is 2.31. The molecule has 0 unspecified atom stereocenters. The van der Waals surface area contributed by atoms with Crippen molar-refractivity contribution in [2.24, 2.45) is 12.0 Å². The highest BCUT2D eigenvalue weighted by Gasteiger charge is 2.15. The first-order valence-electron chi connectivity index (χ1n) is 6.48. The molecule has 22 heavy (non-hydrogen) atoms. The van der Waals surface area contributed by atoms with Gasteiger partial charge in [0.2, 0.25) is 0 Å². The van der Waals surface area contributed by atoms with E-state index in [2.05, 4.69) is 31.0 Å². The lowest BCUT2D eigenvalue weighted by Gasteiger charge is -2.03. The van der Waals surface area contributed by atoms with Crippen LogP contribution < -0.4 is 4.80 Å². The summed E-state index contributed by atoms with van der Waals surface area (Å²) in [5, 5.41) is 0.